The van der Waals surface area contributed by atoms with Crippen LogP contribution in [0.5, 0.6) is 17.2 Å². The van der Waals surface area contributed by atoms with Crippen LogP contribution in [0.4, 0.5) is 10.1 Å². The highest BCUT2D eigenvalue weighted by Crippen LogP contribution is 2.39. The van der Waals surface area contributed by atoms with Gasteiger partial charge in [-0.25, -0.2) is 4.39 Å². The number of non-ortho nitro benzene ring substituents is 1. The summed E-state index contributed by atoms with van der Waals surface area (Å²) in [7, 11) is 1.49. The van der Waals surface area contributed by atoms with Crippen molar-refractivity contribution in [1.82, 2.24) is 0 Å². The molecule has 1 radical (unpaired) electrons. The molecule has 3 rings (SSSR count). The third-order valence-corrected chi connectivity index (χ3v) is 3.87. The van der Waals surface area contributed by atoms with Crippen LogP contribution in [0, 0.1) is 22.0 Å². The van der Waals surface area contributed by atoms with Crippen LogP contribution in [-0.4, -0.2) is 12.0 Å². The number of ether oxygens (including phenoxy) is 2. The molecule has 0 heterocycles. The van der Waals surface area contributed by atoms with Crippen LogP contribution in [0.15, 0.2) is 54.6 Å². The van der Waals surface area contributed by atoms with Gasteiger partial charge in [0.05, 0.1) is 12.0 Å². The second-order valence-electron chi connectivity index (χ2n) is 5.42. The number of hydrogen-bond acceptors (Lipinski definition) is 4. The van der Waals surface area contributed by atoms with Crippen molar-refractivity contribution in [3.8, 4) is 17.2 Å². The van der Waals surface area contributed by atoms with Crippen molar-refractivity contribution < 1.29 is 18.8 Å². The molecule has 2 aromatic rings. The second-order valence-corrected chi connectivity index (χ2v) is 5.42. The van der Waals surface area contributed by atoms with Crippen molar-refractivity contribution in [2.45, 2.75) is 12.3 Å². The molecule has 5 nitrogen and oxygen atoms in total. The van der Waals surface area contributed by atoms with Gasteiger partial charge in [-0.05, 0) is 36.8 Å². The Labute approximate surface area is 144 Å². The lowest BCUT2D eigenvalue weighted by molar-refractivity contribution is -0.384. The molecule has 0 saturated heterocycles. The molecular formula is C19H15FNO4. The number of nitrogens with zero attached hydrogens (tertiary/aromatic N) is 1. The summed E-state index contributed by atoms with van der Waals surface area (Å²) in [5, 5.41) is 10.7. The van der Waals surface area contributed by atoms with E-state index in [2.05, 4.69) is 6.08 Å². The van der Waals surface area contributed by atoms with Crippen LogP contribution in [0.3, 0.4) is 0 Å². The fourth-order valence-corrected chi connectivity index (χ4v) is 2.64. The van der Waals surface area contributed by atoms with Crippen molar-refractivity contribution in [2.24, 2.45) is 0 Å². The fourth-order valence-electron chi connectivity index (χ4n) is 2.64. The minimum atomic E-state index is -0.518. The zero-order valence-electron chi connectivity index (χ0n) is 13.4. The number of nitro groups is 1. The van der Waals surface area contributed by atoms with Crippen molar-refractivity contribution in [2.75, 3.05) is 7.11 Å². The van der Waals surface area contributed by atoms with Crippen LogP contribution in [0.25, 0.3) is 0 Å². The molecular weight excluding hydrogens is 325 g/mol. The normalized spacial score (nSPS) is 15.8. The van der Waals surface area contributed by atoms with E-state index in [1.807, 2.05) is 6.08 Å². The van der Waals surface area contributed by atoms with E-state index in [0.29, 0.717) is 23.5 Å². The number of allylic oxidation sites excluding steroid dienone is 4. The maximum Gasteiger partial charge on any atom is 0.269 e. The highest BCUT2D eigenvalue weighted by atomic mass is 19.1. The molecule has 0 aliphatic heterocycles. The number of hydrogen-bond donors (Lipinski definition) is 0. The Morgan fingerprint density at radius 2 is 1.92 bits per heavy atom. The van der Waals surface area contributed by atoms with Crippen LogP contribution >= 0.6 is 0 Å². The van der Waals surface area contributed by atoms with E-state index < -0.39 is 10.7 Å². The minimum absolute atomic E-state index is 0.0348. The van der Waals surface area contributed by atoms with Crippen molar-refractivity contribution in [3.05, 3.63) is 82.2 Å². The molecule has 0 saturated carbocycles. The van der Waals surface area contributed by atoms with Crippen molar-refractivity contribution in [3.63, 3.8) is 0 Å². The molecule has 127 valence electrons. The first kappa shape index (κ1) is 16.7. The van der Waals surface area contributed by atoms with E-state index in [0.717, 1.165) is 0 Å². The lowest BCUT2D eigenvalue weighted by Crippen LogP contribution is -2.05. The monoisotopic (exact) mass is 340 g/mol. The zero-order chi connectivity index (χ0) is 17.8. The standard InChI is InChI=1S/C19H15FNO4/c1-24-16-11-12-17(19(20)18(16)13-5-3-2-4-6-13)25-15-9-7-14(8-10-15)21(22)23/h2-3,6-13H,5H2,1H3. The molecule has 0 amide bonds. The number of benzene rings is 2. The molecule has 0 N–H and O–H groups in total. The zero-order valence-corrected chi connectivity index (χ0v) is 13.4. The first-order valence-corrected chi connectivity index (χ1v) is 7.63. The molecule has 0 bridgehead atoms. The lowest BCUT2D eigenvalue weighted by Gasteiger charge is -2.19. The van der Waals surface area contributed by atoms with E-state index >= 15 is 4.39 Å². The summed E-state index contributed by atoms with van der Waals surface area (Å²) in [6.45, 7) is 0. The summed E-state index contributed by atoms with van der Waals surface area (Å²) in [6, 6.07) is 8.59. The highest BCUT2D eigenvalue weighted by Gasteiger charge is 2.22. The summed E-state index contributed by atoms with van der Waals surface area (Å²) in [4.78, 5) is 10.2. The largest absolute Gasteiger partial charge is 0.496 e. The van der Waals surface area contributed by atoms with Gasteiger partial charge < -0.3 is 9.47 Å². The maximum atomic E-state index is 15.0. The Bertz CT molecular complexity index is 843. The molecule has 25 heavy (non-hydrogen) atoms. The van der Waals surface area contributed by atoms with Crippen LogP contribution in [-0.2, 0) is 0 Å². The van der Waals surface area contributed by atoms with Gasteiger partial charge in [0.25, 0.3) is 5.69 Å². The summed E-state index contributed by atoms with van der Waals surface area (Å²) in [5.74, 6) is 0.0715. The highest BCUT2D eigenvalue weighted by molar-refractivity contribution is 5.48. The van der Waals surface area contributed by atoms with E-state index in [-0.39, 0.29) is 17.4 Å². The molecule has 1 unspecified atom stereocenters. The van der Waals surface area contributed by atoms with Crippen molar-refractivity contribution in [1.29, 1.82) is 0 Å². The van der Waals surface area contributed by atoms with Gasteiger partial charge in [-0.3, -0.25) is 10.1 Å². The Hall–Kier alpha value is -3.15. The Kier molecular flexibility index (Phi) is 4.79. The lowest BCUT2D eigenvalue weighted by atomic mass is 9.91. The van der Waals surface area contributed by atoms with Gasteiger partial charge in [0, 0.05) is 23.6 Å². The average Bonchev–Trinajstić information content (AvgIpc) is 2.64. The fraction of sp³-hybridized carbons (Fsp3) is 0.158. The van der Waals surface area contributed by atoms with Crippen molar-refractivity contribution >= 4 is 5.69 Å². The smallest absolute Gasteiger partial charge is 0.269 e. The van der Waals surface area contributed by atoms with E-state index in [9.17, 15) is 10.1 Å². The first-order chi connectivity index (χ1) is 12.1. The van der Waals surface area contributed by atoms with E-state index in [1.165, 1.54) is 37.4 Å². The average molecular weight is 340 g/mol. The van der Waals surface area contributed by atoms with Gasteiger partial charge in [0.1, 0.15) is 11.5 Å². The van der Waals surface area contributed by atoms with Gasteiger partial charge in [0.2, 0.25) is 0 Å². The topological polar surface area (TPSA) is 61.6 Å². The summed E-state index contributed by atoms with van der Waals surface area (Å²) >= 11 is 0. The molecule has 0 fully saturated rings. The number of nitro benzene ring substituents is 1. The maximum absolute atomic E-state index is 15.0. The number of rotatable bonds is 5. The Morgan fingerprint density at radius 3 is 2.52 bits per heavy atom. The quantitative estimate of drug-likeness (QED) is 0.571. The van der Waals surface area contributed by atoms with E-state index in [1.54, 1.807) is 18.2 Å². The second kappa shape index (κ2) is 7.17. The van der Waals surface area contributed by atoms with E-state index in [4.69, 9.17) is 9.47 Å². The third-order valence-electron chi connectivity index (χ3n) is 3.87. The minimum Gasteiger partial charge on any atom is -0.496 e. The van der Waals surface area contributed by atoms with Crippen LogP contribution < -0.4 is 9.47 Å². The van der Waals surface area contributed by atoms with Crippen LogP contribution in [0.1, 0.15) is 17.9 Å². The summed E-state index contributed by atoms with van der Waals surface area (Å²) in [6.07, 6.45) is 9.09. The Morgan fingerprint density at radius 1 is 1.20 bits per heavy atom. The van der Waals surface area contributed by atoms with Gasteiger partial charge in [-0.1, -0.05) is 18.2 Å². The molecule has 6 heteroatoms. The molecule has 0 aromatic heterocycles. The SMILES string of the molecule is COc1ccc(Oc2ccc([N+](=O)[O-])cc2)c(F)c1C1C=[C]C=CC1. The summed E-state index contributed by atoms with van der Waals surface area (Å²) in [5.41, 5.74) is 0.344. The van der Waals surface area contributed by atoms with Gasteiger partial charge in [0.15, 0.2) is 11.6 Å². The predicted molar refractivity (Wildman–Crippen MR) is 90.4 cm³/mol. The molecule has 2 aromatic carbocycles. The van der Waals surface area contributed by atoms with Crippen LogP contribution in [0.2, 0.25) is 0 Å². The van der Waals surface area contributed by atoms with Gasteiger partial charge >= 0.3 is 0 Å². The number of halogens is 1. The number of methoxy groups -OCH3 is 1. The van der Waals surface area contributed by atoms with Gasteiger partial charge in [-0.15, -0.1) is 0 Å². The summed E-state index contributed by atoms with van der Waals surface area (Å²) < 4.78 is 25.9. The molecule has 0 spiro atoms. The third kappa shape index (κ3) is 3.52. The van der Waals surface area contributed by atoms with Gasteiger partial charge in [-0.2, -0.15) is 0 Å². The molecule has 1 atom stereocenters. The predicted octanol–water partition coefficient (Wildman–Crippen LogP) is 4.94. The Balaban J connectivity index is 1.93. The molecule has 1 aliphatic rings. The first-order valence-electron chi connectivity index (χ1n) is 7.63. The molecule has 1 aliphatic carbocycles.